The number of aromatic hydroxyl groups is 1. The Bertz CT molecular complexity index is 1270. The van der Waals surface area contributed by atoms with Crippen LogP contribution in [0.5, 0.6) is 17.2 Å². The smallest absolute Gasteiger partial charge is 0.335 e. The number of ether oxygens (including phenoxy) is 2. The molecule has 1 aliphatic rings. The molecule has 0 radical (unpaired) electrons. The van der Waals surface area contributed by atoms with Crippen molar-refractivity contribution in [3.63, 3.8) is 0 Å². The monoisotopic (exact) mass is 476 g/mol. The van der Waals surface area contributed by atoms with Crippen molar-refractivity contribution in [2.24, 2.45) is 0 Å². The lowest BCUT2D eigenvalue weighted by molar-refractivity contribution is -0.381. The van der Waals surface area contributed by atoms with Crippen molar-refractivity contribution in [1.82, 2.24) is 0 Å². The minimum Gasteiger partial charge on any atom is -0.504 e. The van der Waals surface area contributed by atoms with Gasteiger partial charge in [0.1, 0.15) is 30.2 Å². The Morgan fingerprint density at radius 1 is 1.03 bits per heavy atom. The largest absolute Gasteiger partial charge is 0.504 e. The summed E-state index contributed by atoms with van der Waals surface area (Å²) in [6, 6.07) is 8.52. The lowest BCUT2D eigenvalue weighted by Crippen LogP contribution is -2.60. The summed E-state index contributed by atoms with van der Waals surface area (Å²) in [5, 5.41) is 48.7. The Labute approximate surface area is 190 Å². The van der Waals surface area contributed by atoms with Gasteiger partial charge in [-0.05, 0) is 29.8 Å². The van der Waals surface area contributed by atoms with E-state index in [9.17, 15) is 30.0 Å². The number of aliphatic hydroxyl groups excluding tert-OH is 3. The van der Waals surface area contributed by atoms with Gasteiger partial charge in [-0.25, -0.2) is 4.79 Å². The van der Waals surface area contributed by atoms with Crippen molar-refractivity contribution in [3.05, 3.63) is 52.9 Å². The number of carboxylic acid groups (broad SMARTS) is 1. The summed E-state index contributed by atoms with van der Waals surface area (Å²) in [6.07, 6.45) is -7.89. The summed E-state index contributed by atoms with van der Waals surface area (Å²) in [5.41, 5.74) is 0.346. The van der Waals surface area contributed by atoms with E-state index >= 15 is 0 Å². The molecule has 0 bridgehead atoms. The van der Waals surface area contributed by atoms with Crippen LogP contribution in [0.3, 0.4) is 0 Å². The minimum absolute atomic E-state index is 0.00813. The molecule has 4 rings (SSSR count). The Morgan fingerprint density at radius 3 is 2.47 bits per heavy atom. The quantitative estimate of drug-likeness (QED) is 0.244. The van der Waals surface area contributed by atoms with E-state index in [0.717, 1.165) is 0 Å². The summed E-state index contributed by atoms with van der Waals surface area (Å²) in [7, 11) is 1.40. The van der Waals surface area contributed by atoms with Gasteiger partial charge in [0.05, 0.1) is 18.1 Å². The molecule has 2 aromatic carbocycles. The van der Waals surface area contributed by atoms with Crippen LogP contribution in [0.1, 0.15) is 0 Å². The van der Waals surface area contributed by atoms with Gasteiger partial charge in [0.2, 0.25) is 6.29 Å². The third kappa shape index (κ3) is 4.27. The van der Waals surface area contributed by atoms with Gasteiger partial charge < -0.3 is 44.3 Å². The number of aliphatic carboxylic acids is 1. The predicted octanol–water partition coefficient (Wildman–Crippen LogP) is 0.377. The highest BCUT2D eigenvalue weighted by Crippen LogP contribution is 2.31. The molecule has 1 saturated heterocycles. The van der Waals surface area contributed by atoms with Crippen LogP contribution in [0.4, 0.5) is 0 Å². The number of rotatable bonds is 6. The zero-order chi connectivity index (χ0) is 24.6. The Morgan fingerprint density at radius 2 is 1.79 bits per heavy atom. The molecule has 12 heteroatoms. The maximum atomic E-state index is 12.9. The van der Waals surface area contributed by atoms with Gasteiger partial charge in [0.15, 0.2) is 28.8 Å². The van der Waals surface area contributed by atoms with Gasteiger partial charge in [-0.15, -0.1) is 0 Å². The Hall–Kier alpha value is -3.68. The maximum absolute atomic E-state index is 12.9. The van der Waals surface area contributed by atoms with Gasteiger partial charge in [-0.1, -0.05) is 6.07 Å². The van der Waals surface area contributed by atoms with Crippen molar-refractivity contribution in [2.45, 2.75) is 30.7 Å². The third-order valence-corrected chi connectivity index (χ3v) is 5.29. The fourth-order valence-corrected chi connectivity index (χ4v) is 3.45. The standard InChI is InChI=1S/C22H20O12/c1-30-14-5-2-9(6-13(14)23)12-8-31-15-7-10(3-4-11(15)16(12)24)33-34-22-19(27)17(25)18(26)20(32-22)21(28)29/h2-8,17-20,22-23,25-27H,1H3,(H,28,29)/t17-,18-,19+,20-,22?/m0/s1. The summed E-state index contributed by atoms with van der Waals surface area (Å²) >= 11 is 0. The number of carbonyl (C=O) groups is 1. The summed E-state index contributed by atoms with van der Waals surface area (Å²) in [5.74, 6) is -1.45. The average molecular weight is 476 g/mol. The maximum Gasteiger partial charge on any atom is 0.335 e. The van der Waals surface area contributed by atoms with E-state index in [0.29, 0.717) is 5.56 Å². The fraction of sp³-hybridized carbons (Fsp3) is 0.273. The second kappa shape index (κ2) is 9.29. The number of hydrogen-bond donors (Lipinski definition) is 5. The molecule has 2 heterocycles. The van der Waals surface area contributed by atoms with Crippen LogP contribution in [0.25, 0.3) is 22.1 Å². The van der Waals surface area contributed by atoms with Gasteiger partial charge >= 0.3 is 5.97 Å². The highest BCUT2D eigenvalue weighted by atomic mass is 17.2. The molecule has 1 unspecified atom stereocenters. The molecule has 3 aromatic rings. The van der Waals surface area contributed by atoms with Gasteiger partial charge in [-0.3, -0.25) is 4.79 Å². The van der Waals surface area contributed by atoms with Gasteiger partial charge in [-0.2, -0.15) is 4.89 Å². The van der Waals surface area contributed by atoms with E-state index in [-0.39, 0.29) is 39.2 Å². The zero-order valence-corrected chi connectivity index (χ0v) is 17.5. The number of aliphatic hydroxyl groups is 3. The van der Waals surface area contributed by atoms with Crippen molar-refractivity contribution in [3.8, 4) is 28.4 Å². The molecule has 5 atom stereocenters. The highest BCUT2D eigenvalue weighted by Gasteiger charge is 2.48. The van der Waals surface area contributed by atoms with Gasteiger partial charge in [0.25, 0.3) is 0 Å². The fourth-order valence-electron chi connectivity index (χ4n) is 3.45. The molecule has 5 N–H and O–H groups in total. The van der Waals surface area contributed by atoms with Crippen molar-refractivity contribution in [1.29, 1.82) is 0 Å². The topological polar surface area (TPSA) is 185 Å². The molecule has 0 amide bonds. The van der Waals surface area contributed by atoms with Crippen LogP contribution in [0.2, 0.25) is 0 Å². The molecule has 0 spiro atoms. The minimum atomic E-state index is -1.87. The molecule has 1 aromatic heterocycles. The first-order valence-electron chi connectivity index (χ1n) is 9.90. The van der Waals surface area contributed by atoms with E-state index in [4.69, 9.17) is 28.8 Å². The Balaban J connectivity index is 1.54. The van der Waals surface area contributed by atoms with E-state index in [1.54, 1.807) is 6.07 Å². The first kappa shape index (κ1) is 23.5. The van der Waals surface area contributed by atoms with Crippen LogP contribution in [-0.4, -0.2) is 69.3 Å². The van der Waals surface area contributed by atoms with Crippen LogP contribution < -0.4 is 15.1 Å². The van der Waals surface area contributed by atoms with Crippen molar-refractivity contribution < 1.29 is 54.0 Å². The molecule has 180 valence electrons. The molecular weight excluding hydrogens is 456 g/mol. The van der Waals surface area contributed by atoms with Crippen LogP contribution >= 0.6 is 0 Å². The third-order valence-electron chi connectivity index (χ3n) is 5.29. The lowest BCUT2D eigenvalue weighted by atomic mass is 9.99. The summed E-state index contributed by atoms with van der Waals surface area (Å²) < 4.78 is 15.5. The van der Waals surface area contributed by atoms with Gasteiger partial charge in [0, 0.05) is 6.07 Å². The van der Waals surface area contributed by atoms with Crippen molar-refractivity contribution >= 4 is 16.9 Å². The zero-order valence-electron chi connectivity index (χ0n) is 17.5. The van der Waals surface area contributed by atoms with Crippen molar-refractivity contribution in [2.75, 3.05) is 7.11 Å². The van der Waals surface area contributed by atoms with E-state index in [1.165, 1.54) is 43.7 Å². The number of phenolic OH excluding ortho intramolecular Hbond substituents is 1. The van der Waals surface area contributed by atoms with E-state index in [2.05, 4.69) is 0 Å². The molecule has 0 saturated carbocycles. The number of fused-ring (bicyclic) bond motifs is 1. The van der Waals surface area contributed by atoms with Crippen LogP contribution in [0.15, 0.2) is 51.9 Å². The molecule has 0 aliphatic carbocycles. The predicted molar refractivity (Wildman–Crippen MR) is 112 cm³/mol. The highest BCUT2D eigenvalue weighted by molar-refractivity contribution is 5.83. The first-order valence-corrected chi connectivity index (χ1v) is 9.90. The van der Waals surface area contributed by atoms with Crippen LogP contribution in [0, 0.1) is 0 Å². The summed E-state index contributed by atoms with van der Waals surface area (Å²) in [6.45, 7) is 0. The molecule has 12 nitrogen and oxygen atoms in total. The van der Waals surface area contributed by atoms with E-state index in [1.807, 2.05) is 0 Å². The number of hydrogen-bond acceptors (Lipinski definition) is 11. The normalized spacial score (nSPS) is 24.6. The first-order chi connectivity index (χ1) is 16.2. The van der Waals surface area contributed by atoms with E-state index < -0.39 is 36.7 Å². The SMILES string of the molecule is COc1ccc(-c2coc3cc(OOC4O[C@H](C(=O)O)[C@@H](O)[C@H](O)[C@H]4O)ccc3c2=O)cc1O. The van der Waals surface area contributed by atoms with Crippen LogP contribution in [-0.2, 0) is 14.4 Å². The molecule has 1 aliphatic heterocycles. The molecular formula is C22H20O12. The number of phenols is 1. The molecule has 34 heavy (non-hydrogen) atoms. The second-order valence-corrected chi connectivity index (χ2v) is 7.44. The number of carboxylic acids is 1. The summed E-state index contributed by atoms with van der Waals surface area (Å²) in [4.78, 5) is 34.0. The number of methoxy groups -OCH3 is 1. The average Bonchev–Trinajstić information content (AvgIpc) is 2.82. The lowest BCUT2D eigenvalue weighted by Gasteiger charge is -2.37. The Kier molecular flexibility index (Phi) is 6.41. The number of benzene rings is 2. The second-order valence-electron chi connectivity index (χ2n) is 7.44. The molecule has 1 fully saturated rings.